The van der Waals surface area contributed by atoms with Gasteiger partial charge < -0.3 is 14.7 Å². The van der Waals surface area contributed by atoms with Gasteiger partial charge in [0.15, 0.2) is 11.4 Å². The van der Waals surface area contributed by atoms with Gasteiger partial charge in [-0.2, -0.15) is 0 Å². The number of Topliss-reactive ketones (excluding diaryl/α,β-unsaturated/α-hetero) is 1. The third-order valence-corrected chi connectivity index (χ3v) is 3.64. The Morgan fingerprint density at radius 2 is 1.65 bits per heavy atom. The first-order chi connectivity index (χ1) is 10.6. The van der Waals surface area contributed by atoms with Gasteiger partial charge in [-0.3, -0.25) is 9.59 Å². The number of carbonyl (C=O) groups is 2. The van der Waals surface area contributed by atoms with Crippen molar-refractivity contribution in [1.82, 2.24) is 0 Å². The number of hydrogen-bond acceptors (Lipinski definition) is 3. The molecule has 23 heavy (non-hydrogen) atoms. The van der Waals surface area contributed by atoms with Crippen LogP contribution in [0.4, 0.5) is 0 Å². The van der Waals surface area contributed by atoms with Crippen molar-refractivity contribution < 1.29 is 24.3 Å². The van der Waals surface area contributed by atoms with Gasteiger partial charge in [-0.25, -0.2) is 0 Å². The van der Waals surface area contributed by atoms with Crippen LogP contribution in [0.25, 0.3) is 0 Å². The van der Waals surface area contributed by atoms with Crippen LogP contribution in [0.3, 0.4) is 0 Å². The van der Waals surface area contributed by atoms with Crippen LogP contribution in [-0.4, -0.2) is 59.7 Å². The lowest BCUT2D eigenvalue weighted by atomic mass is 9.91. The molecule has 0 radical (unpaired) electrons. The van der Waals surface area contributed by atoms with Crippen molar-refractivity contribution in [3.63, 3.8) is 0 Å². The predicted octanol–water partition coefficient (Wildman–Crippen LogP) is 2.77. The molecule has 134 valence electrons. The predicted molar refractivity (Wildman–Crippen MR) is 92.2 cm³/mol. The summed E-state index contributed by atoms with van der Waals surface area (Å²) < 4.78 is 0.330. The summed E-state index contributed by atoms with van der Waals surface area (Å²) in [6.07, 6.45) is 10.2. The smallest absolute Gasteiger partial charge is 0.306 e. The molecule has 0 aliphatic heterocycles. The quantitative estimate of drug-likeness (QED) is 0.310. The van der Waals surface area contributed by atoms with Gasteiger partial charge in [0.2, 0.25) is 0 Å². The molecule has 0 aliphatic carbocycles. The zero-order valence-corrected chi connectivity index (χ0v) is 15.2. The van der Waals surface area contributed by atoms with E-state index in [1.165, 1.54) is 25.7 Å². The number of carbonyl (C=O) groups excluding carboxylic acids is 1. The molecule has 0 heterocycles. The fourth-order valence-corrected chi connectivity index (χ4v) is 2.64. The van der Waals surface area contributed by atoms with E-state index in [-0.39, 0.29) is 13.0 Å². The number of quaternary nitrogens is 1. The van der Waals surface area contributed by atoms with E-state index >= 15 is 0 Å². The molecular weight excluding hydrogens is 294 g/mol. The van der Waals surface area contributed by atoms with Crippen LogP contribution < -0.4 is 0 Å². The molecule has 2 N–H and O–H groups in total. The number of carboxylic acids is 1. The fourth-order valence-electron chi connectivity index (χ4n) is 2.64. The summed E-state index contributed by atoms with van der Waals surface area (Å²) in [7, 11) is 5.48. The Bertz CT molecular complexity index is 398. The number of allylic oxidation sites excluding steroid dienone is 2. The van der Waals surface area contributed by atoms with Crippen molar-refractivity contribution in [2.24, 2.45) is 0 Å². The summed E-state index contributed by atoms with van der Waals surface area (Å²) >= 11 is 0. The second kappa shape index (κ2) is 10.6. The number of hydrogen-bond donors (Lipinski definition) is 2. The molecule has 1 atom stereocenters. The Hall–Kier alpha value is -1.20. The number of nitrogens with zero attached hydrogens (tertiary/aromatic N) is 1. The van der Waals surface area contributed by atoms with Gasteiger partial charge in [0, 0.05) is 6.42 Å². The number of carboxylic acid groups (broad SMARTS) is 1. The summed E-state index contributed by atoms with van der Waals surface area (Å²) in [5, 5.41) is 19.5. The third-order valence-electron chi connectivity index (χ3n) is 3.64. The van der Waals surface area contributed by atoms with Crippen molar-refractivity contribution in [1.29, 1.82) is 0 Å². The van der Waals surface area contributed by atoms with Gasteiger partial charge >= 0.3 is 5.97 Å². The molecule has 0 saturated carbocycles. The molecular formula is C18H34NO4+. The average molecular weight is 328 g/mol. The highest BCUT2D eigenvalue weighted by molar-refractivity contribution is 5.91. The highest BCUT2D eigenvalue weighted by Crippen LogP contribution is 2.18. The molecule has 0 aromatic heterocycles. The van der Waals surface area contributed by atoms with E-state index in [0.29, 0.717) is 4.48 Å². The molecule has 0 aromatic carbocycles. The van der Waals surface area contributed by atoms with E-state index in [1.807, 2.05) is 27.2 Å². The average Bonchev–Trinajstić information content (AvgIpc) is 2.38. The van der Waals surface area contributed by atoms with Crippen LogP contribution in [0.15, 0.2) is 12.2 Å². The summed E-state index contributed by atoms with van der Waals surface area (Å²) in [6, 6.07) is 0. The van der Waals surface area contributed by atoms with Crippen LogP contribution in [0.2, 0.25) is 0 Å². The third kappa shape index (κ3) is 11.0. The molecule has 0 aromatic rings. The van der Waals surface area contributed by atoms with E-state index in [0.717, 1.165) is 12.8 Å². The van der Waals surface area contributed by atoms with Gasteiger partial charge in [0.05, 0.1) is 27.6 Å². The minimum atomic E-state index is -1.81. The minimum Gasteiger partial charge on any atom is -0.481 e. The monoisotopic (exact) mass is 328 g/mol. The first kappa shape index (κ1) is 21.8. The normalized spacial score (nSPS) is 14.8. The standard InChI is InChI=1S/C18H33NO4/c1-5-6-7-8-9-10-11-12-13-16(20)18(23,14-17(21)22)15-19(2,3)4/h11-12,23H,5-10,13-15H2,1-4H3/p+1. The van der Waals surface area contributed by atoms with Gasteiger partial charge in [0.25, 0.3) is 0 Å². The number of ketones is 1. The van der Waals surface area contributed by atoms with E-state index in [4.69, 9.17) is 5.11 Å². The van der Waals surface area contributed by atoms with Crippen LogP contribution in [-0.2, 0) is 9.59 Å². The zero-order valence-electron chi connectivity index (χ0n) is 15.2. The van der Waals surface area contributed by atoms with Gasteiger partial charge in [0.1, 0.15) is 6.54 Å². The largest absolute Gasteiger partial charge is 0.481 e. The Balaban J connectivity index is 4.41. The highest BCUT2D eigenvalue weighted by Gasteiger charge is 2.42. The fraction of sp³-hybridized carbons (Fsp3) is 0.778. The van der Waals surface area contributed by atoms with Crippen molar-refractivity contribution >= 4 is 11.8 Å². The molecule has 0 spiro atoms. The number of rotatable bonds is 13. The second-order valence-corrected chi connectivity index (χ2v) is 7.35. The maximum absolute atomic E-state index is 12.3. The number of aliphatic carboxylic acids is 1. The van der Waals surface area contributed by atoms with Gasteiger partial charge in [-0.05, 0) is 12.8 Å². The lowest BCUT2D eigenvalue weighted by molar-refractivity contribution is -0.875. The van der Waals surface area contributed by atoms with Gasteiger partial charge in [-0.1, -0.05) is 44.8 Å². The molecule has 1 unspecified atom stereocenters. The minimum absolute atomic E-state index is 0.0821. The number of unbranched alkanes of at least 4 members (excludes halogenated alkanes) is 5. The number of aliphatic hydroxyl groups is 1. The Labute approximate surface area is 140 Å². The lowest BCUT2D eigenvalue weighted by Gasteiger charge is -2.33. The van der Waals surface area contributed by atoms with E-state index in [1.54, 1.807) is 6.08 Å². The van der Waals surface area contributed by atoms with Crippen molar-refractivity contribution in [2.75, 3.05) is 27.7 Å². The molecule has 0 aliphatic rings. The molecule has 0 saturated heterocycles. The molecule has 5 nitrogen and oxygen atoms in total. The lowest BCUT2D eigenvalue weighted by Crippen LogP contribution is -2.54. The van der Waals surface area contributed by atoms with Crippen LogP contribution in [0.5, 0.6) is 0 Å². The van der Waals surface area contributed by atoms with E-state index < -0.39 is 23.8 Å². The van der Waals surface area contributed by atoms with E-state index in [9.17, 15) is 14.7 Å². The highest BCUT2D eigenvalue weighted by atomic mass is 16.4. The maximum Gasteiger partial charge on any atom is 0.306 e. The van der Waals surface area contributed by atoms with Crippen molar-refractivity contribution in [3.05, 3.63) is 12.2 Å². The summed E-state index contributed by atoms with van der Waals surface area (Å²) in [5.41, 5.74) is -1.81. The van der Waals surface area contributed by atoms with Crippen LogP contribution in [0.1, 0.15) is 58.3 Å². The molecule has 0 rings (SSSR count). The maximum atomic E-state index is 12.3. The van der Waals surface area contributed by atoms with Gasteiger partial charge in [-0.15, -0.1) is 0 Å². The summed E-state index contributed by atoms with van der Waals surface area (Å²) in [5.74, 6) is -1.58. The first-order valence-electron chi connectivity index (χ1n) is 8.53. The van der Waals surface area contributed by atoms with E-state index in [2.05, 4.69) is 6.92 Å². The second-order valence-electron chi connectivity index (χ2n) is 7.35. The SMILES string of the molecule is CCCCCCCC=CCC(=O)C(O)(CC(=O)O)C[N+](C)(C)C. The summed E-state index contributed by atoms with van der Waals surface area (Å²) in [4.78, 5) is 23.2. The van der Waals surface area contributed by atoms with Crippen LogP contribution >= 0.6 is 0 Å². The number of likely N-dealkylation sites (N-methyl/N-ethyl adjacent to an activating group) is 1. The first-order valence-corrected chi connectivity index (χ1v) is 8.53. The summed E-state index contributed by atoms with van der Waals surface area (Å²) in [6.45, 7) is 2.27. The Morgan fingerprint density at radius 1 is 1.04 bits per heavy atom. The Morgan fingerprint density at radius 3 is 2.17 bits per heavy atom. The molecule has 5 heteroatoms. The molecule has 0 amide bonds. The molecule has 0 bridgehead atoms. The topological polar surface area (TPSA) is 74.6 Å². The van der Waals surface area contributed by atoms with Crippen molar-refractivity contribution in [2.45, 2.75) is 63.9 Å². The van der Waals surface area contributed by atoms with Crippen LogP contribution in [0, 0.1) is 0 Å². The van der Waals surface area contributed by atoms with Crippen molar-refractivity contribution in [3.8, 4) is 0 Å². The Kier molecular flexibility index (Phi) is 10.0. The zero-order chi connectivity index (χ0) is 17.9. The molecule has 0 fully saturated rings.